The van der Waals surface area contributed by atoms with Crippen LogP contribution in [0.1, 0.15) is 51.9 Å². The number of thioether (sulfide) groups is 1. The molecule has 0 bridgehead atoms. The lowest BCUT2D eigenvalue weighted by Gasteiger charge is -2.14. The Balaban J connectivity index is 2.13. The normalized spacial score (nSPS) is 11.4. The predicted molar refractivity (Wildman–Crippen MR) is 123 cm³/mol. The maximum Gasteiger partial charge on any atom is 0.305 e. The lowest BCUT2D eigenvalue weighted by atomic mass is 10.2. The van der Waals surface area contributed by atoms with Gasteiger partial charge in [0.05, 0.1) is 18.2 Å². The van der Waals surface area contributed by atoms with Gasteiger partial charge in [0.1, 0.15) is 0 Å². The molecule has 0 saturated heterocycles. The number of nitrogens with one attached hydrogen (secondary N) is 3. The van der Waals surface area contributed by atoms with Crippen molar-refractivity contribution in [2.75, 3.05) is 24.2 Å². The average Bonchev–Trinajstić information content (AvgIpc) is 2.74. The summed E-state index contributed by atoms with van der Waals surface area (Å²) in [6, 6.07) is 9.02. The number of aliphatic carboxylic acids is 1. The molecular formula is C22H33N3O5S. The fourth-order valence-electron chi connectivity index (χ4n) is 2.66. The molecule has 0 aliphatic carbocycles. The van der Waals surface area contributed by atoms with Crippen molar-refractivity contribution < 1.29 is 24.3 Å². The number of carbonyl (C=O) groups is 4. The summed E-state index contributed by atoms with van der Waals surface area (Å²) < 4.78 is 0. The largest absolute Gasteiger partial charge is 0.481 e. The molecule has 0 aliphatic heterocycles. The minimum atomic E-state index is -0.979. The second kappa shape index (κ2) is 16.2. The number of carboxylic acids is 1. The molecule has 0 saturated carbocycles. The number of para-hydroxylation sites is 1. The minimum Gasteiger partial charge on any atom is -0.481 e. The zero-order valence-electron chi connectivity index (χ0n) is 18.0. The molecule has 4 N–H and O–H groups in total. The van der Waals surface area contributed by atoms with Crippen molar-refractivity contribution in [1.82, 2.24) is 10.6 Å². The lowest BCUT2D eigenvalue weighted by Crippen LogP contribution is -2.35. The Morgan fingerprint density at radius 3 is 2.39 bits per heavy atom. The van der Waals surface area contributed by atoms with Gasteiger partial charge < -0.3 is 21.1 Å². The summed E-state index contributed by atoms with van der Waals surface area (Å²) in [7, 11) is 0. The van der Waals surface area contributed by atoms with E-state index < -0.39 is 11.2 Å². The van der Waals surface area contributed by atoms with Crippen LogP contribution in [0.2, 0.25) is 0 Å². The Hall–Kier alpha value is -2.55. The zero-order chi connectivity index (χ0) is 22.9. The van der Waals surface area contributed by atoms with Crippen molar-refractivity contribution >= 4 is 41.1 Å². The predicted octanol–water partition coefficient (Wildman–Crippen LogP) is 2.79. The van der Waals surface area contributed by atoms with E-state index >= 15 is 0 Å². The lowest BCUT2D eigenvalue weighted by molar-refractivity contribution is -0.138. The van der Waals surface area contributed by atoms with E-state index in [9.17, 15) is 19.2 Å². The highest BCUT2D eigenvalue weighted by molar-refractivity contribution is 8.00. The molecule has 0 aromatic heterocycles. The summed E-state index contributed by atoms with van der Waals surface area (Å²) in [5.74, 6) is -0.935. The molecule has 0 aliphatic rings. The number of rotatable bonds is 16. The highest BCUT2D eigenvalue weighted by Gasteiger charge is 2.21. The molecule has 172 valence electrons. The van der Waals surface area contributed by atoms with Crippen molar-refractivity contribution in [2.24, 2.45) is 0 Å². The van der Waals surface area contributed by atoms with Crippen molar-refractivity contribution in [2.45, 2.75) is 57.1 Å². The molecule has 31 heavy (non-hydrogen) atoms. The Morgan fingerprint density at radius 2 is 1.71 bits per heavy atom. The number of carboxylic acid groups (broad SMARTS) is 1. The molecule has 1 aromatic rings. The quantitative estimate of drug-likeness (QED) is 0.287. The second-order valence-electron chi connectivity index (χ2n) is 7.10. The van der Waals surface area contributed by atoms with Crippen molar-refractivity contribution in [3.63, 3.8) is 0 Å². The first-order valence-corrected chi connectivity index (χ1v) is 11.7. The number of amides is 3. The Kier molecular flexibility index (Phi) is 13.8. The number of benzene rings is 1. The highest BCUT2D eigenvalue weighted by Crippen LogP contribution is 2.17. The molecular weight excluding hydrogens is 418 g/mol. The summed E-state index contributed by atoms with van der Waals surface area (Å²) in [5, 5.41) is 16.5. The molecule has 3 amide bonds. The summed E-state index contributed by atoms with van der Waals surface area (Å²) in [6.07, 6.45) is 4.16. The van der Waals surface area contributed by atoms with Crippen LogP contribution in [-0.2, 0) is 19.2 Å². The number of anilines is 1. The standard InChI is InChI=1S/C22H33N3O5S/c1-2-3-14-31-18(15-21(28)29)22(30)23-13-9-5-8-12-19(26)24-16-20(27)25-17-10-6-4-7-11-17/h4,6-7,10-11,18H,2-3,5,8-9,12-16H2,1H3,(H,23,30)(H,24,26)(H,25,27)(H,28,29). The number of unbranched alkanes of at least 4 members (excludes halogenated alkanes) is 3. The minimum absolute atomic E-state index is 0.0789. The van der Waals surface area contributed by atoms with Crippen LogP contribution >= 0.6 is 11.8 Å². The van der Waals surface area contributed by atoms with Crippen LogP contribution in [0.5, 0.6) is 0 Å². The van der Waals surface area contributed by atoms with E-state index in [1.807, 2.05) is 25.1 Å². The molecule has 9 heteroatoms. The number of hydrogen-bond acceptors (Lipinski definition) is 5. The van der Waals surface area contributed by atoms with Gasteiger partial charge in [-0.25, -0.2) is 0 Å². The first kappa shape index (κ1) is 26.5. The van der Waals surface area contributed by atoms with Gasteiger partial charge in [0.15, 0.2) is 0 Å². The Labute approximate surface area is 187 Å². The number of carbonyl (C=O) groups excluding carboxylic acids is 3. The van der Waals surface area contributed by atoms with Gasteiger partial charge in [-0.15, -0.1) is 11.8 Å². The van der Waals surface area contributed by atoms with Gasteiger partial charge >= 0.3 is 5.97 Å². The van der Waals surface area contributed by atoms with Crippen LogP contribution in [0, 0.1) is 0 Å². The van der Waals surface area contributed by atoms with Crippen LogP contribution in [0.25, 0.3) is 0 Å². The molecule has 1 unspecified atom stereocenters. The van der Waals surface area contributed by atoms with Crippen LogP contribution in [0.3, 0.4) is 0 Å². The van der Waals surface area contributed by atoms with Gasteiger partial charge in [0.2, 0.25) is 17.7 Å². The maximum atomic E-state index is 12.2. The van der Waals surface area contributed by atoms with E-state index in [1.165, 1.54) is 11.8 Å². The number of hydrogen-bond donors (Lipinski definition) is 4. The van der Waals surface area contributed by atoms with Gasteiger partial charge in [-0.1, -0.05) is 38.0 Å². The van der Waals surface area contributed by atoms with Gasteiger partial charge in [0, 0.05) is 18.7 Å². The van der Waals surface area contributed by atoms with Crippen molar-refractivity contribution in [3.8, 4) is 0 Å². The van der Waals surface area contributed by atoms with E-state index in [4.69, 9.17) is 5.11 Å². The fraction of sp³-hybridized carbons (Fsp3) is 0.545. The molecule has 1 atom stereocenters. The molecule has 0 spiro atoms. The molecule has 0 fully saturated rings. The highest BCUT2D eigenvalue weighted by atomic mass is 32.2. The smallest absolute Gasteiger partial charge is 0.305 e. The summed E-state index contributed by atoms with van der Waals surface area (Å²) in [6.45, 7) is 2.42. The van der Waals surface area contributed by atoms with Crippen LogP contribution < -0.4 is 16.0 Å². The van der Waals surface area contributed by atoms with Crippen molar-refractivity contribution in [3.05, 3.63) is 30.3 Å². The molecule has 1 aromatic carbocycles. The summed E-state index contributed by atoms with van der Waals surface area (Å²) >= 11 is 1.38. The monoisotopic (exact) mass is 451 g/mol. The molecule has 1 rings (SSSR count). The molecule has 0 heterocycles. The second-order valence-corrected chi connectivity index (χ2v) is 8.41. The first-order valence-electron chi connectivity index (χ1n) is 10.6. The van der Waals surface area contributed by atoms with Gasteiger partial charge in [-0.05, 0) is 37.1 Å². The van der Waals surface area contributed by atoms with Gasteiger partial charge in [0.25, 0.3) is 0 Å². The Bertz CT molecular complexity index is 700. The Morgan fingerprint density at radius 1 is 0.968 bits per heavy atom. The van der Waals surface area contributed by atoms with E-state index in [0.29, 0.717) is 31.5 Å². The van der Waals surface area contributed by atoms with Crippen LogP contribution in [-0.4, -0.2) is 52.9 Å². The third-order valence-electron chi connectivity index (χ3n) is 4.35. The topological polar surface area (TPSA) is 125 Å². The van der Waals surface area contributed by atoms with E-state index in [2.05, 4.69) is 16.0 Å². The van der Waals surface area contributed by atoms with E-state index in [0.717, 1.165) is 25.0 Å². The third kappa shape index (κ3) is 13.4. The van der Waals surface area contributed by atoms with Crippen LogP contribution in [0.4, 0.5) is 5.69 Å². The molecule has 8 nitrogen and oxygen atoms in total. The average molecular weight is 452 g/mol. The van der Waals surface area contributed by atoms with Crippen LogP contribution in [0.15, 0.2) is 30.3 Å². The zero-order valence-corrected chi connectivity index (χ0v) is 18.8. The SMILES string of the molecule is CCCCSC(CC(=O)O)C(=O)NCCCCCC(=O)NCC(=O)Nc1ccccc1. The summed E-state index contributed by atoms with van der Waals surface area (Å²) in [4.78, 5) is 46.8. The maximum absolute atomic E-state index is 12.2. The van der Waals surface area contributed by atoms with Crippen molar-refractivity contribution in [1.29, 1.82) is 0 Å². The molecule has 0 radical (unpaired) electrons. The van der Waals surface area contributed by atoms with Gasteiger partial charge in [-0.3, -0.25) is 19.2 Å². The van der Waals surface area contributed by atoms with E-state index in [-0.39, 0.29) is 30.7 Å². The van der Waals surface area contributed by atoms with E-state index in [1.54, 1.807) is 12.1 Å². The third-order valence-corrected chi connectivity index (χ3v) is 5.66. The fourth-order valence-corrected chi connectivity index (χ4v) is 3.90. The first-order chi connectivity index (χ1) is 14.9. The summed E-state index contributed by atoms with van der Waals surface area (Å²) in [5.41, 5.74) is 0.679. The van der Waals surface area contributed by atoms with Gasteiger partial charge in [-0.2, -0.15) is 0 Å².